The van der Waals surface area contributed by atoms with Crippen molar-refractivity contribution in [1.82, 2.24) is 14.5 Å². The molecule has 2 aliphatic rings. The molecule has 0 atom stereocenters. The van der Waals surface area contributed by atoms with Gasteiger partial charge in [-0.05, 0) is 30.1 Å². The number of aromatic nitrogens is 3. The Bertz CT molecular complexity index is 816. The Kier molecular flexibility index (Phi) is 5.62. The third-order valence-electron chi connectivity index (χ3n) is 3.72. The van der Waals surface area contributed by atoms with Crippen molar-refractivity contribution in [1.29, 1.82) is 0 Å². The summed E-state index contributed by atoms with van der Waals surface area (Å²) in [6, 6.07) is 0. The van der Waals surface area contributed by atoms with Crippen LogP contribution in [0.5, 0.6) is 0 Å². The quantitative estimate of drug-likeness (QED) is 0.845. The molecule has 0 saturated heterocycles. The molecule has 0 aliphatic heterocycles. The summed E-state index contributed by atoms with van der Waals surface area (Å²) >= 11 is 1.84. The molecule has 0 fully saturated rings. The molecule has 0 saturated carbocycles. The van der Waals surface area contributed by atoms with Crippen LogP contribution in [0.15, 0.2) is 42.5 Å². The summed E-state index contributed by atoms with van der Waals surface area (Å²) in [7, 11) is 0. The summed E-state index contributed by atoms with van der Waals surface area (Å²) < 4.78 is 3.46. The van der Waals surface area contributed by atoms with Crippen LogP contribution in [-0.2, 0) is 13.0 Å². The Morgan fingerprint density at radius 1 is 1.27 bits per heavy atom. The van der Waals surface area contributed by atoms with Gasteiger partial charge in [-0.1, -0.05) is 18.2 Å². The first kappa shape index (κ1) is 17.0. The van der Waals surface area contributed by atoms with Crippen molar-refractivity contribution in [3.63, 3.8) is 0 Å². The number of allylic oxidation sites excluding steroid dienone is 4. The molecule has 0 bridgehead atoms. The van der Waals surface area contributed by atoms with Crippen molar-refractivity contribution in [2.45, 2.75) is 25.8 Å². The second kappa shape index (κ2) is 7.27. The van der Waals surface area contributed by atoms with E-state index in [0.29, 0.717) is 0 Å². The Morgan fingerprint density at radius 3 is 3.00 bits per heavy atom. The molecule has 0 spiro atoms. The molecule has 3 nitrogen and oxygen atoms in total. The second-order valence-electron chi connectivity index (χ2n) is 5.10. The van der Waals surface area contributed by atoms with Crippen LogP contribution in [0, 0.1) is 0 Å². The number of imidazole rings is 1. The van der Waals surface area contributed by atoms with Gasteiger partial charge in [0.2, 0.25) is 0 Å². The second-order valence-corrected chi connectivity index (χ2v) is 6.22. The summed E-state index contributed by atoms with van der Waals surface area (Å²) in [6.45, 7) is 1.01. The predicted octanol–water partition coefficient (Wildman–Crippen LogP) is 2.65. The molecule has 0 N–H and O–H groups in total. The minimum atomic E-state index is 0. The van der Waals surface area contributed by atoms with Gasteiger partial charge in [0.05, 0.1) is 21.2 Å². The van der Waals surface area contributed by atoms with E-state index in [1.54, 1.807) is 0 Å². The summed E-state index contributed by atoms with van der Waals surface area (Å²) in [5.74, 6) is 0. The Hall–Kier alpha value is -1.36. The van der Waals surface area contributed by atoms with Crippen molar-refractivity contribution < 1.29 is 0 Å². The van der Waals surface area contributed by atoms with Crippen LogP contribution in [-0.4, -0.2) is 14.5 Å². The summed E-state index contributed by atoms with van der Waals surface area (Å²) in [4.78, 5) is 8.91. The average Bonchev–Trinajstić information content (AvgIpc) is 3.14. The number of hydrogen-bond acceptors (Lipinski definition) is 3. The maximum atomic E-state index is 4.84. The minimum Gasteiger partial charge on any atom is -0.337 e. The van der Waals surface area contributed by atoms with Gasteiger partial charge in [-0.15, -0.1) is 36.2 Å². The van der Waals surface area contributed by atoms with Gasteiger partial charge in [0.15, 0.2) is 0 Å². The van der Waals surface area contributed by atoms with Crippen molar-refractivity contribution in [3.8, 4) is 0 Å². The number of aryl methyl sites for hydroxylation is 2. The number of thiazole rings is 1. The molecular formula is C16H17Cl2N3S. The zero-order valence-electron chi connectivity index (χ0n) is 11.9. The third-order valence-corrected chi connectivity index (χ3v) is 4.78. The Labute approximate surface area is 145 Å². The SMILES string of the molecule is C1=CCC2=c3nc(CCCn4ccnc4)sc3=CC2=C1.Cl.Cl. The van der Waals surface area contributed by atoms with Gasteiger partial charge < -0.3 is 4.57 Å². The highest BCUT2D eigenvalue weighted by molar-refractivity contribution is 7.09. The molecule has 2 aromatic heterocycles. The van der Waals surface area contributed by atoms with Crippen molar-refractivity contribution in [2.24, 2.45) is 0 Å². The molecule has 4 rings (SSSR count). The monoisotopic (exact) mass is 353 g/mol. The fourth-order valence-electron chi connectivity index (χ4n) is 2.72. The van der Waals surface area contributed by atoms with E-state index in [1.807, 2.05) is 30.1 Å². The van der Waals surface area contributed by atoms with Crippen LogP contribution in [0.2, 0.25) is 0 Å². The Morgan fingerprint density at radius 2 is 2.18 bits per heavy atom. The molecule has 0 aromatic carbocycles. The van der Waals surface area contributed by atoms with Crippen molar-refractivity contribution in [3.05, 3.63) is 57.4 Å². The van der Waals surface area contributed by atoms with E-state index >= 15 is 0 Å². The molecule has 22 heavy (non-hydrogen) atoms. The van der Waals surface area contributed by atoms with Gasteiger partial charge in [-0.25, -0.2) is 9.97 Å². The first-order chi connectivity index (χ1) is 9.90. The number of hydrogen-bond donors (Lipinski definition) is 0. The topological polar surface area (TPSA) is 30.7 Å². The van der Waals surface area contributed by atoms with Gasteiger partial charge in [0.1, 0.15) is 0 Å². The lowest BCUT2D eigenvalue weighted by molar-refractivity contribution is 0.640. The molecule has 116 valence electrons. The first-order valence-electron chi connectivity index (χ1n) is 6.94. The molecule has 2 heterocycles. The highest BCUT2D eigenvalue weighted by atomic mass is 35.5. The normalized spacial score (nSPS) is 14.4. The summed E-state index contributed by atoms with van der Waals surface area (Å²) in [5, 5.41) is 2.48. The number of halogens is 2. The van der Waals surface area contributed by atoms with E-state index in [1.165, 1.54) is 26.0 Å². The molecule has 0 unspecified atom stereocenters. The summed E-state index contributed by atoms with van der Waals surface area (Å²) in [5.41, 5.74) is 2.76. The largest absolute Gasteiger partial charge is 0.337 e. The fraction of sp³-hybridized carbons (Fsp3) is 0.250. The lowest BCUT2D eigenvalue weighted by Gasteiger charge is -2.04. The lowest BCUT2D eigenvalue weighted by atomic mass is 10.0. The van der Waals surface area contributed by atoms with E-state index in [2.05, 4.69) is 33.9 Å². The number of nitrogens with zero attached hydrogens (tertiary/aromatic N) is 3. The van der Waals surface area contributed by atoms with E-state index < -0.39 is 0 Å². The van der Waals surface area contributed by atoms with E-state index in [4.69, 9.17) is 4.98 Å². The van der Waals surface area contributed by atoms with Crippen molar-refractivity contribution >= 4 is 47.8 Å². The average molecular weight is 354 g/mol. The zero-order valence-corrected chi connectivity index (χ0v) is 14.4. The van der Waals surface area contributed by atoms with Crippen LogP contribution in [0.4, 0.5) is 0 Å². The molecular weight excluding hydrogens is 337 g/mol. The predicted molar refractivity (Wildman–Crippen MR) is 96.1 cm³/mol. The van der Waals surface area contributed by atoms with Gasteiger partial charge >= 0.3 is 0 Å². The summed E-state index contributed by atoms with van der Waals surface area (Å²) in [6.07, 6.45) is 17.7. The highest BCUT2D eigenvalue weighted by Gasteiger charge is 2.15. The van der Waals surface area contributed by atoms with Gasteiger partial charge in [-0.2, -0.15) is 0 Å². The first-order valence-corrected chi connectivity index (χ1v) is 7.75. The van der Waals surface area contributed by atoms with E-state index in [-0.39, 0.29) is 24.8 Å². The molecule has 2 aromatic rings. The van der Waals surface area contributed by atoms with Crippen LogP contribution in [0.1, 0.15) is 17.8 Å². The van der Waals surface area contributed by atoms with Crippen LogP contribution in [0.3, 0.4) is 0 Å². The van der Waals surface area contributed by atoms with Gasteiger partial charge in [0.25, 0.3) is 0 Å². The molecule has 2 aliphatic carbocycles. The zero-order chi connectivity index (χ0) is 13.4. The number of rotatable bonds is 4. The number of fused-ring (bicyclic) bond motifs is 2. The van der Waals surface area contributed by atoms with Crippen LogP contribution >= 0.6 is 36.2 Å². The van der Waals surface area contributed by atoms with E-state index in [9.17, 15) is 0 Å². The minimum absolute atomic E-state index is 0. The lowest BCUT2D eigenvalue weighted by Crippen LogP contribution is -2.19. The van der Waals surface area contributed by atoms with Gasteiger partial charge in [-0.3, -0.25) is 0 Å². The van der Waals surface area contributed by atoms with Gasteiger partial charge in [0, 0.05) is 25.4 Å². The standard InChI is InChI=1S/C16H15N3S.2ClH/c1-2-5-13-12(4-1)10-14-16(13)18-15(20-14)6-3-8-19-9-7-17-11-19;;/h1-2,4,7,9-11H,3,5-6,8H2;2*1H. The highest BCUT2D eigenvalue weighted by Crippen LogP contribution is 2.23. The maximum Gasteiger partial charge on any atom is 0.0945 e. The van der Waals surface area contributed by atoms with E-state index in [0.717, 1.165) is 25.8 Å². The van der Waals surface area contributed by atoms with Crippen LogP contribution < -0.4 is 9.88 Å². The molecule has 0 radical (unpaired) electrons. The molecule has 6 heteroatoms. The fourth-order valence-corrected chi connectivity index (χ4v) is 3.81. The van der Waals surface area contributed by atoms with Crippen LogP contribution in [0.25, 0.3) is 11.6 Å². The Balaban J connectivity index is 0.000000882. The van der Waals surface area contributed by atoms with Crippen molar-refractivity contribution in [2.75, 3.05) is 0 Å². The molecule has 0 amide bonds. The third kappa shape index (κ3) is 3.19. The maximum absolute atomic E-state index is 4.84. The smallest absolute Gasteiger partial charge is 0.0945 e.